The summed E-state index contributed by atoms with van der Waals surface area (Å²) in [6, 6.07) is 28.1. The first-order valence-corrected chi connectivity index (χ1v) is 11.9. The van der Waals surface area contributed by atoms with Crippen molar-refractivity contribution in [2.75, 3.05) is 16.2 Å². The zero-order chi connectivity index (χ0) is 23.1. The Balaban J connectivity index is 1.49. The summed E-state index contributed by atoms with van der Waals surface area (Å²) in [5.74, 6) is -0.430. The molecule has 6 nitrogen and oxygen atoms in total. The number of carbonyl (C=O) groups is 1. The summed E-state index contributed by atoms with van der Waals surface area (Å²) in [6.07, 6.45) is 4.27. The summed E-state index contributed by atoms with van der Waals surface area (Å²) in [6.45, 7) is -0.347. The number of anilines is 2. The highest BCUT2D eigenvalue weighted by atomic mass is 32.2. The van der Waals surface area contributed by atoms with Crippen molar-refractivity contribution in [1.82, 2.24) is 4.98 Å². The number of hydrogen-bond acceptors (Lipinski definition) is 4. The fourth-order valence-corrected chi connectivity index (χ4v) is 4.84. The number of aromatic nitrogens is 1. The van der Waals surface area contributed by atoms with Gasteiger partial charge in [-0.05, 0) is 66.1 Å². The second kappa shape index (κ2) is 10.1. The molecule has 0 radical (unpaired) electrons. The Bertz CT molecular complexity index is 1300. The lowest BCUT2D eigenvalue weighted by Crippen LogP contribution is -2.38. The summed E-state index contributed by atoms with van der Waals surface area (Å²) < 4.78 is 27.7. The molecule has 7 heteroatoms. The number of nitrogens with zero attached hydrogens (tertiary/aromatic N) is 2. The van der Waals surface area contributed by atoms with Crippen molar-refractivity contribution >= 4 is 27.3 Å². The predicted octanol–water partition coefficient (Wildman–Crippen LogP) is 4.51. The first-order valence-electron chi connectivity index (χ1n) is 10.4. The summed E-state index contributed by atoms with van der Waals surface area (Å²) in [5.41, 5.74) is 3.26. The second-order valence-corrected chi connectivity index (χ2v) is 9.30. The summed E-state index contributed by atoms with van der Waals surface area (Å²) in [5, 5.41) is 2.80. The monoisotopic (exact) mass is 457 g/mol. The third-order valence-electron chi connectivity index (χ3n) is 5.06. The number of rotatable bonds is 8. The van der Waals surface area contributed by atoms with E-state index in [0.29, 0.717) is 11.4 Å². The van der Waals surface area contributed by atoms with Gasteiger partial charge < -0.3 is 5.32 Å². The Morgan fingerprint density at radius 3 is 1.97 bits per heavy atom. The van der Waals surface area contributed by atoms with Gasteiger partial charge in [-0.15, -0.1) is 0 Å². The maximum atomic E-state index is 13.3. The molecule has 1 amide bonds. The molecule has 33 heavy (non-hydrogen) atoms. The van der Waals surface area contributed by atoms with E-state index in [0.717, 1.165) is 21.9 Å². The normalized spacial score (nSPS) is 11.0. The summed E-state index contributed by atoms with van der Waals surface area (Å²) in [4.78, 5) is 17.0. The van der Waals surface area contributed by atoms with Crippen molar-refractivity contribution in [1.29, 1.82) is 0 Å². The van der Waals surface area contributed by atoms with E-state index in [4.69, 9.17) is 0 Å². The van der Waals surface area contributed by atoms with Crippen LogP contribution in [0.5, 0.6) is 0 Å². The second-order valence-electron chi connectivity index (χ2n) is 7.44. The van der Waals surface area contributed by atoms with Crippen LogP contribution in [0, 0.1) is 0 Å². The molecule has 0 fully saturated rings. The average Bonchev–Trinajstić information content (AvgIpc) is 2.85. The van der Waals surface area contributed by atoms with E-state index in [1.807, 2.05) is 36.4 Å². The molecule has 0 bridgehead atoms. The number of benzene rings is 3. The van der Waals surface area contributed by atoms with Crippen LogP contribution in [0.2, 0.25) is 0 Å². The molecule has 1 N–H and O–H groups in total. The zero-order valence-electron chi connectivity index (χ0n) is 17.8. The topological polar surface area (TPSA) is 79.4 Å². The molecule has 166 valence electrons. The molecule has 4 aromatic rings. The van der Waals surface area contributed by atoms with Crippen molar-refractivity contribution in [3.05, 3.63) is 121 Å². The Kier molecular flexibility index (Phi) is 6.80. The predicted molar refractivity (Wildman–Crippen MR) is 130 cm³/mol. The lowest BCUT2D eigenvalue weighted by molar-refractivity contribution is -0.114. The molecule has 1 aromatic heterocycles. The fraction of sp³-hybridized carbons (Fsp3) is 0.0769. The van der Waals surface area contributed by atoms with E-state index in [2.05, 4.69) is 10.3 Å². The van der Waals surface area contributed by atoms with E-state index in [1.54, 1.807) is 60.9 Å². The van der Waals surface area contributed by atoms with Gasteiger partial charge in [-0.3, -0.25) is 14.1 Å². The third-order valence-corrected chi connectivity index (χ3v) is 6.85. The molecular weight excluding hydrogens is 434 g/mol. The number of hydrogen-bond donors (Lipinski definition) is 1. The highest BCUT2D eigenvalue weighted by molar-refractivity contribution is 7.92. The van der Waals surface area contributed by atoms with Crippen LogP contribution in [0.1, 0.15) is 11.1 Å². The first kappa shape index (κ1) is 22.2. The van der Waals surface area contributed by atoms with Crippen LogP contribution in [0.4, 0.5) is 11.4 Å². The molecule has 0 atom stereocenters. The van der Waals surface area contributed by atoms with Gasteiger partial charge in [0, 0.05) is 18.1 Å². The Labute approximate surface area is 193 Å². The number of carbonyl (C=O) groups excluding carboxylic acids is 1. The van der Waals surface area contributed by atoms with Crippen LogP contribution >= 0.6 is 0 Å². The van der Waals surface area contributed by atoms with Crippen molar-refractivity contribution < 1.29 is 13.2 Å². The number of sulfonamides is 1. The molecule has 0 aliphatic carbocycles. The van der Waals surface area contributed by atoms with Gasteiger partial charge in [-0.25, -0.2) is 8.42 Å². The van der Waals surface area contributed by atoms with Crippen LogP contribution in [-0.2, 0) is 21.2 Å². The highest BCUT2D eigenvalue weighted by Gasteiger charge is 2.27. The fourth-order valence-electron chi connectivity index (χ4n) is 3.40. The van der Waals surface area contributed by atoms with E-state index >= 15 is 0 Å². The van der Waals surface area contributed by atoms with Gasteiger partial charge >= 0.3 is 0 Å². The summed E-state index contributed by atoms with van der Waals surface area (Å²) in [7, 11) is -3.92. The van der Waals surface area contributed by atoms with Gasteiger partial charge in [0.15, 0.2) is 0 Å². The largest absolute Gasteiger partial charge is 0.325 e. The van der Waals surface area contributed by atoms with Crippen LogP contribution in [0.3, 0.4) is 0 Å². The van der Waals surface area contributed by atoms with E-state index in [-0.39, 0.29) is 11.4 Å². The SMILES string of the molecule is O=C(CN(c1ccccc1)S(=O)(=O)c1ccccc1)Nc1ccc(Cc2ccncc2)cc1. The minimum Gasteiger partial charge on any atom is -0.325 e. The highest BCUT2D eigenvalue weighted by Crippen LogP contribution is 2.23. The molecule has 0 saturated heterocycles. The molecular formula is C26H23N3O3S. The number of pyridine rings is 1. The zero-order valence-corrected chi connectivity index (χ0v) is 18.7. The van der Waals surface area contributed by atoms with Crippen molar-refractivity contribution in [3.63, 3.8) is 0 Å². The molecule has 0 saturated carbocycles. The Hall–Kier alpha value is -3.97. The number of para-hydroxylation sites is 1. The molecule has 3 aromatic carbocycles. The van der Waals surface area contributed by atoms with Gasteiger partial charge in [0.25, 0.3) is 10.0 Å². The minimum absolute atomic E-state index is 0.127. The van der Waals surface area contributed by atoms with Crippen molar-refractivity contribution in [2.24, 2.45) is 0 Å². The maximum absolute atomic E-state index is 13.3. The molecule has 0 spiro atoms. The standard InChI is InChI=1S/C26H23N3O3S/c30-26(28-23-13-11-21(12-14-23)19-22-15-17-27-18-16-22)20-29(24-7-3-1-4-8-24)33(31,32)25-9-5-2-6-10-25/h1-18H,19-20H2,(H,28,30). The van der Waals surface area contributed by atoms with Gasteiger partial charge in [0.05, 0.1) is 10.6 Å². The lowest BCUT2D eigenvalue weighted by Gasteiger charge is -2.24. The smallest absolute Gasteiger partial charge is 0.264 e. The molecule has 0 aliphatic heterocycles. The van der Waals surface area contributed by atoms with Crippen molar-refractivity contribution in [3.8, 4) is 0 Å². The first-order chi connectivity index (χ1) is 16.0. The Morgan fingerprint density at radius 2 is 1.33 bits per heavy atom. The third kappa shape index (κ3) is 5.64. The number of nitrogens with one attached hydrogen (secondary N) is 1. The van der Waals surface area contributed by atoms with Gasteiger partial charge in [0.2, 0.25) is 5.91 Å². The van der Waals surface area contributed by atoms with Gasteiger partial charge in [-0.2, -0.15) is 0 Å². The molecule has 0 unspecified atom stereocenters. The van der Waals surface area contributed by atoms with E-state index in [1.165, 1.54) is 12.1 Å². The summed E-state index contributed by atoms with van der Waals surface area (Å²) >= 11 is 0. The molecule has 1 heterocycles. The Morgan fingerprint density at radius 1 is 0.758 bits per heavy atom. The van der Waals surface area contributed by atoms with Crippen LogP contribution in [-0.4, -0.2) is 25.9 Å². The molecule has 4 rings (SSSR count). The van der Waals surface area contributed by atoms with Crippen LogP contribution in [0.25, 0.3) is 0 Å². The van der Waals surface area contributed by atoms with Crippen molar-refractivity contribution in [2.45, 2.75) is 11.3 Å². The maximum Gasteiger partial charge on any atom is 0.264 e. The van der Waals surface area contributed by atoms with E-state index in [9.17, 15) is 13.2 Å². The van der Waals surface area contributed by atoms with Gasteiger partial charge in [0.1, 0.15) is 6.54 Å². The lowest BCUT2D eigenvalue weighted by atomic mass is 10.1. The van der Waals surface area contributed by atoms with Crippen LogP contribution in [0.15, 0.2) is 114 Å². The quantitative estimate of drug-likeness (QED) is 0.422. The minimum atomic E-state index is -3.92. The van der Waals surface area contributed by atoms with Crippen LogP contribution < -0.4 is 9.62 Å². The molecule has 0 aliphatic rings. The van der Waals surface area contributed by atoms with E-state index < -0.39 is 15.9 Å². The number of amides is 1. The average molecular weight is 458 g/mol. The van der Waals surface area contributed by atoms with Gasteiger partial charge in [-0.1, -0.05) is 48.5 Å².